The summed E-state index contributed by atoms with van der Waals surface area (Å²) in [6.07, 6.45) is 3.94. The van der Waals surface area contributed by atoms with Crippen LogP contribution in [0.3, 0.4) is 0 Å². The lowest BCUT2D eigenvalue weighted by Gasteiger charge is -2.22. The molecule has 0 bridgehead atoms. The number of carbonyl (C=O) groups is 1. The maximum Gasteiger partial charge on any atom is 0.231 e. The summed E-state index contributed by atoms with van der Waals surface area (Å²) in [7, 11) is 0. The average molecular weight is 323 g/mol. The second-order valence-electron chi connectivity index (χ2n) is 6.67. The Balaban J connectivity index is 1.87. The monoisotopic (exact) mass is 323 g/mol. The molecule has 6 heteroatoms. The fourth-order valence-corrected chi connectivity index (χ4v) is 3.85. The van der Waals surface area contributed by atoms with Crippen LogP contribution in [-0.4, -0.2) is 22.2 Å². The summed E-state index contributed by atoms with van der Waals surface area (Å²) in [5, 5.41) is 12.1. The van der Waals surface area contributed by atoms with Gasteiger partial charge in [-0.05, 0) is 31.1 Å². The standard InChI is InChI=1S/C15H21N3OS2/c1-14(2,3)11-7-17-13(21-11)20-8-12(19)18-15(4,9-16)10-5-6-10/h7,10H,5-6,8H2,1-4H3,(H,18,19)/t15-/m0/s1. The highest BCUT2D eigenvalue weighted by molar-refractivity contribution is 8.01. The van der Waals surface area contributed by atoms with Crippen molar-refractivity contribution in [1.29, 1.82) is 5.26 Å². The Morgan fingerprint density at radius 2 is 2.19 bits per heavy atom. The molecule has 0 unspecified atom stereocenters. The van der Waals surface area contributed by atoms with Gasteiger partial charge in [0, 0.05) is 11.1 Å². The Morgan fingerprint density at radius 3 is 2.67 bits per heavy atom. The Morgan fingerprint density at radius 1 is 1.52 bits per heavy atom. The zero-order valence-electron chi connectivity index (χ0n) is 12.9. The lowest BCUT2D eigenvalue weighted by atomic mass is 9.96. The largest absolute Gasteiger partial charge is 0.337 e. The molecule has 1 heterocycles. The van der Waals surface area contributed by atoms with E-state index in [1.54, 1.807) is 11.3 Å². The number of hydrogen-bond donors (Lipinski definition) is 1. The number of carbonyl (C=O) groups excluding carboxylic acids is 1. The molecule has 4 nitrogen and oxygen atoms in total. The lowest BCUT2D eigenvalue weighted by Crippen LogP contribution is -2.47. The molecule has 1 aliphatic carbocycles. The van der Waals surface area contributed by atoms with Crippen LogP contribution >= 0.6 is 23.1 Å². The summed E-state index contributed by atoms with van der Waals surface area (Å²) in [5.74, 6) is 0.522. The van der Waals surface area contributed by atoms with Gasteiger partial charge in [-0.15, -0.1) is 11.3 Å². The van der Waals surface area contributed by atoms with Crippen molar-refractivity contribution in [2.45, 2.75) is 55.8 Å². The third kappa shape index (κ3) is 4.21. The van der Waals surface area contributed by atoms with E-state index in [2.05, 4.69) is 37.1 Å². The van der Waals surface area contributed by atoms with E-state index in [1.807, 2.05) is 13.1 Å². The van der Waals surface area contributed by atoms with E-state index >= 15 is 0 Å². The van der Waals surface area contributed by atoms with Gasteiger partial charge in [0.2, 0.25) is 5.91 Å². The number of nitrogens with one attached hydrogen (secondary N) is 1. The van der Waals surface area contributed by atoms with Crippen molar-refractivity contribution in [3.63, 3.8) is 0 Å². The SMILES string of the molecule is CC(C)(C)c1cnc(SCC(=O)N[C@@](C)(C#N)C2CC2)s1. The first-order valence-electron chi connectivity index (χ1n) is 7.06. The summed E-state index contributed by atoms with van der Waals surface area (Å²) in [4.78, 5) is 17.6. The van der Waals surface area contributed by atoms with Gasteiger partial charge in [-0.25, -0.2) is 4.98 Å². The smallest absolute Gasteiger partial charge is 0.231 e. The number of aromatic nitrogens is 1. The van der Waals surface area contributed by atoms with Gasteiger partial charge in [-0.2, -0.15) is 5.26 Å². The Labute approximate surface area is 134 Å². The minimum atomic E-state index is -0.711. The van der Waals surface area contributed by atoms with Crippen molar-refractivity contribution >= 4 is 29.0 Å². The van der Waals surface area contributed by atoms with Crippen molar-refractivity contribution in [2.75, 3.05) is 5.75 Å². The molecular weight excluding hydrogens is 302 g/mol. The number of amides is 1. The number of nitriles is 1. The van der Waals surface area contributed by atoms with Gasteiger partial charge in [0.15, 0.2) is 4.34 Å². The maximum atomic E-state index is 12.0. The zero-order valence-corrected chi connectivity index (χ0v) is 14.5. The molecule has 1 aliphatic rings. The molecule has 1 aromatic rings. The van der Waals surface area contributed by atoms with E-state index in [0.29, 0.717) is 11.7 Å². The van der Waals surface area contributed by atoms with Crippen molar-refractivity contribution in [3.8, 4) is 6.07 Å². The first-order valence-corrected chi connectivity index (χ1v) is 8.86. The fourth-order valence-electron chi connectivity index (χ4n) is 2.01. The molecule has 114 valence electrons. The predicted octanol–water partition coefficient (Wildman–Crippen LogP) is 3.34. The Bertz CT molecular complexity index is 566. The van der Waals surface area contributed by atoms with Crippen LogP contribution in [0.2, 0.25) is 0 Å². The van der Waals surface area contributed by atoms with Gasteiger partial charge in [0.25, 0.3) is 0 Å². The van der Waals surface area contributed by atoms with Crippen molar-refractivity contribution in [3.05, 3.63) is 11.1 Å². The summed E-state index contributed by atoms with van der Waals surface area (Å²) in [6.45, 7) is 8.26. The molecule has 0 saturated heterocycles. The minimum absolute atomic E-state index is 0.0874. The van der Waals surface area contributed by atoms with Gasteiger partial charge < -0.3 is 5.32 Å². The summed E-state index contributed by atoms with van der Waals surface area (Å²) >= 11 is 3.07. The number of hydrogen-bond acceptors (Lipinski definition) is 5. The van der Waals surface area contributed by atoms with E-state index in [4.69, 9.17) is 0 Å². The third-order valence-electron chi connectivity index (χ3n) is 3.58. The predicted molar refractivity (Wildman–Crippen MR) is 86.4 cm³/mol. The summed E-state index contributed by atoms with van der Waals surface area (Å²) < 4.78 is 0.903. The van der Waals surface area contributed by atoms with Crippen LogP contribution in [0.1, 0.15) is 45.4 Å². The molecule has 1 N–H and O–H groups in total. The quantitative estimate of drug-likeness (QED) is 0.844. The molecule has 0 aromatic carbocycles. The van der Waals surface area contributed by atoms with E-state index < -0.39 is 5.54 Å². The highest BCUT2D eigenvalue weighted by atomic mass is 32.2. The number of thiazole rings is 1. The molecule has 0 aliphatic heterocycles. The third-order valence-corrected chi connectivity index (χ3v) is 6.16. The van der Waals surface area contributed by atoms with E-state index in [0.717, 1.165) is 17.2 Å². The number of thioether (sulfide) groups is 1. The highest BCUT2D eigenvalue weighted by Crippen LogP contribution is 2.39. The topological polar surface area (TPSA) is 65.8 Å². The molecule has 1 atom stereocenters. The first kappa shape index (κ1) is 16.3. The van der Waals surface area contributed by atoms with E-state index in [1.165, 1.54) is 16.6 Å². The van der Waals surface area contributed by atoms with E-state index in [-0.39, 0.29) is 11.3 Å². The van der Waals surface area contributed by atoms with Crippen molar-refractivity contribution in [2.24, 2.45) is 5.92 Å². The molecule has 2 rings (SSSR count). The first-order chi connectivity index (χ1) is 9.74. The van der Waals surface area contributed by atoms with Gasteiger partial charge in [-0.1, -0.05) is 32.5 Å². The molecule has 1 amide bonds. The van der Waals surface area contributed by atoms with Gasteiger partial charge >= 0.3 is 0 Å². The molecule has 1 aromatic heterocycles. The van der Waals surface area contributed by atoms with Crippen molar-refractivity contribution < 1.29 is 4.79 Å². The molecule has 21 heavy (non-hydrogen) atoms. The van der Waals surface area contributed by atoms with E-state index in [9.17, 15) is 10.1 Å². The highest BCUT2D eigenvalue weighted by Gasteiger charge is 2.42. The summed E-state index contributed by atoms with van der Waals surface area (Å²) in [5.41, 5.74) is -0.624. The molecule has 1 saturated carbocycles. The van der Waals surface area contributed by atoms with Crippen LogP contribution in [0.15, 0.2) is 10.5 Å². The fraction of sp³-hybridized carbons (Fsp3) is 0.667. The maximum absolute atomic E-state index is 12.0. The zero-order chi connectivity index (χ0) is 15.7. The summed E-state index contributed by atoms with van der Waals surface area (Å²) in [6, 6.07) is 2.24. The lowest BCUT2D eigenvalue weighted by molar-refractivity contribution is -0.119. The molecule has 0 radical (unpaired) electrons. The van der Waals surface area contributed by atoms with Crippen LogP contribution in [0.25, 0.3) is 0 Å². The Hall–Kier alpha value is -1.06. The number of rotatable bonds is 5. The average Bonchev–Trinajstić information content (AvgIpc) is 3.14. The van der Waals surface area contributed by atoms with Crippen LogP contribution in [0, 0.1) is 17.2 Å². The molecule has 0 spiro atoms. The second kappa shape index (κ2) is 5.98. The van der Waals surface area contributed by atoms with Crippen LogP contribution in [-0.2, 0) is 10.2 Å². The molecule has 1 fully saturated rings. The normalized spacial score (nSPS) is 17.9. The van der Waals surface area contributed by atoms with Crippen LogP contribution in [0.5, 0.6) is 0 Å². The van der Waals surface area contributed by atoms with Crippen molar-refractivity contribution in [1.82, 2.24) is 10.3 Å². The van der Waals surface area contributed by atoms with Gasteiger partial charge in [-0.3, -0.25) is 4.79 Å². The van der Waals surface area contributed by atoms with Gasteiger partial charge in [0.05, 0.1) is 11.8 Å². The van der Waals surface area contributed by atoms with Crippen LogP contribution < -0.4 is 5.32 Å². The van der Waals surface area contributed by atoms with Gasteiger partial charge in [0.1, 0.15) is 5.54 Å². The number of nitrogens with zero attached hydrogens (tertiary/aromatic N) is 2. The second-order valence-corrected chi connectivity index (χ2v) is 8.92. The minimum Gasteiger partial charge on any atom is -0.337 e. The molecular formula is C15H21N3OS2. The Kier molecular flexibility index (Phi) is 4.64. The van der Waals surface area contributed by atoms with Crippen LogP contribution in [0.4, 0.5) is 0 Å².